The van der Waals surface area contributed by atoms with Crippen molar-refractivity contribution < 1.29 is 5.11 Å². The summed E-state index contributed by atoms with van der Waals surface area (Å²) >= 11 is 0. The van der Waals surface area contributed by atoms with Gasteiger partial charge in [-0.25, -0.2) is 4.98 Å². The third-order valence-electron chi connectivity index (χ3n) is 4.50. The van der Waals surface area contributed by atoms with Gasteiger partial charge in [0.15, 0.2) is 0 Å². The Hall–Kier alpha value is -2.15. The van der Waals surface area contributed by atoms with Crippen molar-refractivity contribution in [1.29, 1.82) is 0 Å². The number of β-amino-alcohol motifs (C(OH)–C–C–N with tert-alkyl or cyclic N) is 1. The molecule has 0 bridgehead atoms. The smallest absolute Gasteiger partial charge is 0.227 e. The van der Waals surface area contributed by atoms with Gasteiger partial charge in [-0.15, -0.1) is 0 Å². The molecule has 2 N–H and O–H groups in total. The molecular weight excluding hydrogens is 316 g/mol. The minimum atomic E-state index is -0.272. The third-order valence-corrected chi connectivity index (χ3v) is 4.50. The Morgan fingerprint density at radius 2 is 2.20 bits per heavy atom. The molecule has 0 radical (unpaired) electrons. The van der Waals surface area contributed by atoms with Crippen LogP contribution in [0, 0.1) is 0 Å². The molecule has 1 fully saturated rings. The maximum atomic E-state index is 9.88. The summed E-state index contributed by atoms with van der Waals surface area (Å²) in [5, 5.41) is 17.4. The molecule has 3 rings (SSSR count). The lowest BCUT2D eigenvalue weighted by Gasteiger charge is -2.31. The number of nitrogens with one attached hydrogen (secondary N) is 1. The summed E-state index contributed by atoms with van der Waals surface area (Å²) in [6.07, 6.45) is 3.36. The second kappa shape index (κ2) is 7.00. The van der Waals surface area contributed by atoms with E-state index in [9.17, 15) is 5.11 Å². The van der Waals surface area contributed by atoms with Gasteiger partial charge in [-0.3, -0.25) is 5.10 Å². The summed E-state index contributed by atoms with van der Waals surface area (Å²) in [6.45, 7) is 8.67. The van der Waals surface area contributed by atoms with E-state index in [4.69, 9.17) is 0 Å². The molecule has 1 aliphatic rings. The summed E-state index contributed by atoms with van der Waals surface area (Å²) < 4.78 is 0. The van der Waals surface area contributed by atoms with Crippen molar-refractivity contribution >= 4 is 11.8 Å². The number of aromatic nitrogens is 4. The number of hydrogen-bond acceptors (Lipinski definition) is 6. The van der Waals surface area contributed by atoms with Crippen molar-refractivity contribution in [1.82, 2.24) is 20.2 Å². The van der Waals surface area contributed by atoms with Crippen LogP contribution in [-0.4, -0.2) is 51.5 Å². The quantitative estimate of drug-likeness (QED) is 0.884. The summed E-state index contributed by atoms with van der Waals surface area (Å²) in [4.78, 5) is 13.2. The minimum Gasteiger partial charge on any atom is -0.391 e. The minimum absolute atomic E-state index is 0.0266. The number of aromatic amines is 1. The number of H-pyrrole nitrogens is 1. The first kappa shape index (κ1) is 17.7. The highest BCUT2D eigenvalue weighted by molar-refractivity contribution is 5.44. The van der Waals surface area contributed by atoms with Crippen molar-refractivity contribution in [3.05, 3.63) is 29.7 Å². The lowest BCUT2D eigenvalue weighted by atomic mass is 9.92. The number of nitrogens with zero attached hydrogens (tertiary/aromatic N) is 5. The molecule has 25 heavy (non-hydrogen) atoms. The lowest BCUT2D eigenvalue weighted by molar-refractivity contribution is 0.154. The van der Waals surface area contributed by atoms with Gasteiger partial charge in [0.2, 0.25) is 5.95 Å². The molecule has 1 aliphatic heterocycles. The monoisotopic (exact) mass is 344 g/mol. The van der Waals surface area contributed by atoms with Gasteiger partial charge < -0.3 is 14.9 Å². The van der Waals surface area contributed by atoms with E-state index in [1.807, 2.05) is 18.0 Å². The number of hydrogen-bond donors (Lipinski definition) is 2. The molecule has 1 atom stereocenters. The molecule has 3 heterocycles. The molecule has 2 aromatic rings. The first-order valence-electron chi connectivity index (χ1n) is 8.85. The first-order valence-corrected chi connectivity index (χ1v) is 8.85. The largest absolute Gasteiger partial charge is 0.391 e. The second-order valence-corrected chi connectivity index (χ2v) is 7.84. The molecule has 0 amide bonds. The Balaban J connectivity index is 1.71. The summed E-state index contributed by atoms with van der Waals surface area (Å²) in [5.41, 5.74) is 2.11. The summed E-state index contributed by atoms with van der Waals surface area (Å²) in [7, 11) is 1.97. The molecule has 0 spiro atoms. The number of aliphatic hydroxyl groups excluding tert-OH is 1. The predicted octanol–water partition coefficient (Wildman–Crippen LogP) is 2.09. The number of piperidine rings is 1. The number of aliphatic hydroxyl groups is 1. The van der Waals surface area contributed by atoms with Crippen LogP contribution in [0.4, 0.5) is 11.8 Å². The van der Waals surface area contributed by atoms with Crippen molar-refractivity contribution in [3.8, 4) is 0 Å². The zero-order chi connectivity index (χ0) is 18.0. The van der Waals surface area contributed by atoms with E-state index in [0.717, 1.165) is 36.6 Å². The van der Waals surface area contributed by atoms with Crippen LogP contribution < -0.4 is 9.80 Å². The fraction of sp³-hybridized carbons (Fsp3) is 0.611. The Morgan fingerprint density at radius 3 is 2.88 bits per heavy atom. The molecule has 0 unspecified atom stereocenters. The molecule has 7 heteroatoms. The number of anilines is 2. The molecule has 0 aromatic carbocycles. The Labute approximate surface area is 149 Å². The van der Waals surface area contributed by atoms with E-state index in [2.05, 4.69) is 51.9 Å². The first-order chi connectivity index (χ1) is 11.8. The highest BCUT2D eigenvalue weighted by Gasteiger charge is 2.20. The van der Waals surface area contributed by atoms with Gasteiger partial charge in [0.05, 0.1) is 24.0 Å². The topological polar surface area (TPSA) is 81.2 Å². The number of rotatable bonds is 4. The molecule has 0 saturated carbocycles. The third kappa shape index (κ3) is 4.28. The van der Waals surface area contributed by atoms with Crippen molar-refractivity contribution in [3.63, 3.8) is 0 Å². The maximum Gasteiger partial charge on any atom is 0.227 e. The SMILES string of the molecule is CN(Cc1cc(C(C)(C)C)n[nH]1)c1nccc(N2CCC[C@H](O)C2)n1. The maximum absolute atomic E-state index is 9.88. The van der Waals surface area contributed by atoms with Gasteiger partial charge in [0.25, 0.3) is 0 Å². The second-order valence-electron chi connectivity index (χ2n) is 7.84. The van der Waals surface area contributed by atoms with Crippen LogP contribution in [0.1, 0.15) is 45.0 Å². The van der Waals surface area contributed by atoms with Crippen LogP contribution in [0.3, 0.4) is 0 Å². The lowest BCUT2D eigenvalue weighted by Crippen LogP contribution is -2.38. The molecule has 1 saturated heterocycles. The zero-order valence-electron chi connectivity index (χ0n) is 15.5. The summed E-state index contributed by atoms with van der Waals surface area (Å²) in [5.74, 6) is 1.54. The van der Waals surface area contributed by atoms with E-state index in [1.54, 1.807) is 6.20 Å². The van der Waals surface area contributed by atoms with Crippen molar-refractivity contribution in [2.24, 2.45) is 0 Å². The van der Waals surface area contributed by atoms with E-state index < -0.39 is 0 Å². The van der Waals surface area contributed by atoms with Crippen LogP contribution in [0.25, 0.3) is 0 Å². The van der Waals surface area contributed by atoms with Crippen molar-refractivity contribution in [2.75, 3.05) is 29.9 Å². The highest BCUT2D eigenvalue weighted by atomic mass is 16.3. The van der Waals surface area contributed by atoms with Gasteiger partial charge in [-0.2, -0.15) is 10.1 Å². The molecular formula is C18H28N6O. The van der Waals surface area contributed by atoms with Crippen molar-refractivity contribution in [2.45, 2.75) is 51.7 Å². The van der Waals surface area contributed by atoms with Gasteiger partial charge in [0, 0.05) is 31.7 Å². The predicted molar refractivity (Wildman–Crippen MR) is 98.9 cm³/mol. The van der Waals surface area contributed by atoms with Crippen LogP contribution >= 0.6 is 0 Å². The van der Waals surface area contributed by atoms with Crippen LogP contribution in [-0.2, 0) is 12.0 Å². The fourth-order valence-electron chi connectivity index (χ4n) is 3.02. The summed E-state index contributed by atoms with van der Waals surface area (Å²) in [6, 6.07) is 4.00. The average Bonchev–Trinajstić information content (AvgIpc) is 3.04. The van der Waals surface area contributed by atoms with Gasteiger partial charge in [0.1, 0.15) is 5.82 Å². The Bertz CT molecular complexity index is 708. The van der Waals surface area contributed by atoms with E-state index in [0.29, 0.717) is 19.0 Å². The standard InChI is InChI=1S/C18H28N6O/c1-18(2,3)15-10-13(21-22-15)11-23(4)17-19-8-7-16(20-17)24-9-5-6-14(25)12-24/h7-8,10,14,25H,5-6,9,11-12H2,1-4H3,(H,21,22)/t14-/m0/s1. The average molecular weight is 344 g/mol. The zero-order valence-corrected chi connectivity index (χ0v) is 15.5. The van der Waals surface area contributed by atoms with Crippen LogP contribution in [0.5, 0.6) is 0 Å². The van der Waals surface area contributed by atoms with E-state index in [-0.39, 0.29) is 11.5 Å². The molecule has 0 aliphatic carbocycles. The van der Waals surface area contributed by atoms with Gasteiger partial charge in [-0.1, -0.05) is 20.8 Å². The molecule has 136 valence electrons. The van der Waals surface area contributed by atoms with E-state index >= 15 is 0 Å². The van der Waals surface area contributed by atoms with E-state index in [1.165, 1.54) is 0 Å². The fourth-order valence-corrected chi connectivity index (χ4v) is 3.02. The molecule has 2 aromatic heterocycles. The molecule has 7 nitrogen and oxygen atoms in total. The van der Waals surface area contributed by atoms with Gasteiger partial charge >= 0.3 is 0 Å². The van der Waals surface area contributed by atoms with Crippen LogP contribution in [0.15, 0.2) is 18.3 Å². The Kier molecular flexibility index (Phi) is 4.94. The van der Waals surface area contributed by atoms with Gasteiger partial charge in [-0.05, 0) is 25.0 Å². The normalized spacial score (nSPS) is 18.4. The Morgan fingerprint density at radius 1 is 1.40 bits per heavy atom. The van der Waals surface area contributed by atoms with Crippen LogP contribution in [0.2, 0.25) is 0 Å². The highest BCUT2D eigenvalue weighted by Crippen LogP contribution is 2.22.